The molecular weight excluding hydrogens is 154 g/mol. The fourth-order valence-corrected chi connectivity index (χ4v) is 0.666. The molecule has 0 aromatic heterocycles. The van der Waals surface area contributed by atoms with E-state index in [9.17, 15) is 0 Å². The molecule has 1 atom stereocenters. The zero-order valence-corrected chi connectivity index (χ0v) is 8.34. The first-order valence-electron chi connectivity index (χ1n) is 4.40. The van der Waals surface area contributed by atoms with Gasteiger partial charge in [0.05, 0.1) is 19.3 Å². The molecule has 12 heavy (non-hydrogen) atoms. The van der Waals surface area contributed by atoms with E-state index in [2.05, 4.69) is 20.8 Å². The van der Waals surface area contributed by atoms with Crippen molar-refractivity contribution in [3.63, 3.8) is 0 Å². The van der Waals surface area contributed by atoms with Gasteiger partial charge in [0.25, 0.3) is 0 Å². The van der Waals surface area contributed by atoms with Gasteiger partial charge in [-0.1, -0.05) is 20.8 Å². The molecule has 0 aromatic carbocycles. The van der Waals surface area contributed by atoms with Crippen molar-refractivity contribution < 1.29 is 9.84 Å². The summed E-state index contributed by atoms with van der Waals surface area (Å²) in [4.78, 5) is 0. The molecule has 3 heteroatoms. The summed E-state index contributed by atoms with van der Waals surface area (Å²) in [7, 11) is 0. The second-order valence-electron chi connectivity index (χ2n) is 4.33. The minimum Gasteiger partial charge on any atom is -0.395 e. The summed E-state index contributed by atoms with van der Waals surface area (Å²) in [6, 6.07) is -0.232. The van der Waals surface area contributed by atoms with Crippen LogP contribution in [-0.2, 0) is 4.74 Å². The van der Waals surface area contributed by atoms with Gasteiger partial charge >= 0.3 is 0 Å². The van der Waals surface area contributed by atoms with Gasteiger partial charge in [-0.3, -0.25) is 0 Å². The second-order valence-corrected chi connectivity index (χ2v) is 4.33. The van der Waals surface area contributed by atoms with Crippen LogP contribution in [-0.4, -0.2) is 31.0 Å². The van der Waals surface area contributed by atoms with Crippen LogP contribution in [0.3, 0.4) is 0 Å². The van der Waals surface area contributed by atoms with E-state index in [1.165, 1.54) is 0 Å². The number of aliphatic hydroxyl groups excluding tert-OH is 1. The Morgan fingerprint density at radius 2 is 2.00 bits per heavy atom. The average molecular weight is 175 g/mol. The number of ether oxygens (including phenoxy) is 1. The highest BCUT2D eigenvalue weighted by Gasteiger charge is 2.09. The lowest BCUT2D eigenvalue weighted by Gasteiger charge is -2.18. The van der Waals surface area contributed by atoms with Crippen LogP contribution in [0.2, 0.25) is 0 Å². The Hall–Kier alpha value is -0.120. The highest BCUT2D eigenvalue weighted by atomic mass is 16.5. The molecule has 1 unspecified atom stereocenters. The Balaban J connectivity index is 3.22. The number of nitrogens with two attached hydrogens (primary N) is 1. The average Bonchev–Trinajstić information content (AvgIpc) is 1.96. The Kier molecular flexibility index (Phi) is 5.46. The van der Waals surface area contributed by atoms with Crippen LogP contribution in [0.4, 0.5) is 0 Å². The number of hydrogen-bond acceptors (Lipinski definition) is 3. The van der Waals surface area contributed by atoms with Gasteiger partial charge in [-0.2, -0.15) is 0 Å². The van der Waals surface area contributed by atoms with Gasteiger partial charge in [0.2, 0.25) is 0 Å². The Morgan fingerprint density at radius 3 is 2.42 bits per heavy atom. The zero-order valence-electron chi connectivity index (χ0n) is 8.34. The maximum absolute atomic E-state index is 8.59. The highest BCUT2D eigenvalue weighted by molar-refractivity contribution is 4.61. The van der Waals surface area contributed by atoms with Crippen LogP contribution >= 0.6 is 0 Å². The molecule has 0 rings (SSSR count). The van der Waals surface area contributed by atoms with E-state index in [4.69, 9.17) is 15.6 Å². The molecule has 0 aliphatic carbocycles. The van der Waals surface area contributed by atoms with Gasteiger partial charge in [0.15, 0.2) is 0 Å². The molecule has 3 nitrogen and oxygen atoms in total. The summed E-state index contributed by atoms with van der Waals surface area (Å²) in [5.74, 6) is 0. The van der Waals surface area contributed by atoms with E-state index in [0.717, 1.165) is 13.0 Å². The molecule has 0 aliphatic rings. The Bertz CT molecular complexity index is 110. The van der Waals surface area contributed by atoms with Crippen LogP contribution in [0, 0.1) is 5.41 Å². The first kappa shape index (κ1) is 11.9. The molecule has 0 amide bonds. The summed E-state index contributed by atoms with van der Waals surface area (Å²) < 4.78 is 5.28. The molecule has 0 bridgehead atoms. The molecule has 0 aromatic rings. The third kappa shape index (κ3) is 7.98. The van der Waals surface area contributed by atoms with Crippen molar-refractivity contribution in [3.8, 4) is 0 Å². The fourth-order valence-electron chi connectivity index (χ4n) is 0.666. The highest BCUT2D eigenvalue weighted by Crippen LogP contribution is 2.17. The van der Waals surface area contributed by atoms with Crippen LogP contribution in [0.5, 0.6) is 0 Å². The molecule has 74 valence electrons. The number of hydrogen-bond donors (Lipinski definition) is 2. The third-order valence-electron chi connectivity index (χ3n) is 1.56. The minimum atomic E-state index is -0.232. The molecular formula is C9H21NO2. The van der Waals surface area contributed by atoms with E-state index in [1.807, 2.05) is 0 Å². The summed E-state index contributed by atoms with van der Waals surface area (Å²) in [6.07, 6.45) is 1.02. The van der Waals surface area contributed by atoms with Crippen molar-refractivity contribution in [3.05, 3.63) is 0 Å². The molecule has 0 saturated carbocycles. The smallest absolute Gasteiger partial charge is 0.0639 e. The lowest BCUT2D eigenvalue weighted by atomic mass is 9.93. The maximum atomic E-state index is 8.59. The van der Waals surface area contributed by atoms with E-state index >= 15 is 0 Å². The van der Waals surface area contributed by atoms with Gasteiger partial charge in [-0.25, -0.2) is 0 Å². The van der Waals surface area contributed by atoms with Crippen LogP contribution < -0.4 is 5.73 Å². The molecule has 0 heterocycles. The van der Waals surface area contributed by atoms with Gasteiger partial charge in [0.1, 0.15) is 0 Å². The SMILES string of the molecule is CC(C)(C)CCOCC(N)CO. The topological polar surface area (TPSA) is 55.5 Å². The van der Waals surface area contributed by atoms with E-state index in [-0.39, 0.29) is 12.6 Å². The summed E-state index contributed by atoms with van der Waals surface area (Å²) in [5.41, 5.74) is 5.76. The Labute approximate surface area is 74.9 Å². The molecule has 3 N–H and O–H groups in total. The predicted octanol–water partition coefficient (Wildman–Crippen LogP) is 0.759. The first-order chi connectivity index (χ1) is 5.45. The van der Waals surface area contributed by atoms with E-state index in [0.29, 0.717) is 12.0 Å². The van der Waals surface area contributed by atoms with Crippen molar-refractivity contribution in [1.82, 2.24) is 0 Å². The third-order valence-corrected chi connectivity index (χ3v) is 1.56. The molecule has 0 radical (unpaired) electrons. The van der Waals surface area contributed by atoms with Gasteiger partial charge in [-0.05, 0) is 11.8 Å². The summed E-state index contributed by atoms with van der Waals surface area (Å²) in [6.45, 7) is 7.67. The van der Waals surface area contributed by atoms with Crippen molar-refractivity contribution in [2.45, 2.75) is 33.2 Å². The van der Waals surface area contributed by atoms with Crippen molar-refractivity contribution >= 4 is 0 Å². The van der Waals surface area contributed by atoms with Crippen LogP contribution in [0.1, 0.15) is 27.2 Å². The molecule has 0 fully saturated rings. The lowest BCUT2D eigenvalue weighted by Crippen LogP contribution is -2.30. The van der Waals surface area contributed by atoms with Gasteiger partial charge < -0.3 is 15.6 Å². The zero-order chi connectivity index (χ0) is 9.61. The normalized spacial score (nSPS) is 14.8. The molecule has 0 saturated heterocycles. The maximum Gasteiger partial charge on any atom is 0.0639 e. The summed E-state index contributed by atoms with van der Waals surface area (Å²) >= 11 is 0. The van der Waals surface area contributed by atoms with Crippen LogP contribution in [0.25, 0.3) is 0 Å². The van der Waals surface area contributed by atoms with E-state index in [1.54, 1.807) is 0 Å². The lowest BCUT2D eigenvalue weighted by molar-refractivity contribution is 0.0828. The van der Waals surface area contributed by atoms with Gasteiger partial charge in [0, 0.05) is 6.61 Å². The van der Waals surface area contributed by atoms with Crippen molar-refractivity contribution in [2.24, 2.45) is 11.1 Å². The van der Waals surface area contributed by atoms with Crippen molar-refractivity contribution in [1.29, 1.82) is 0 Å². The minimum absolute atomic E-state index is 0.00445. The molecule has 0 spiro atoms. The largest absolute Gasteiger partial charge is 0.395 e. The fraction of sp³-hybridized carbons (Fsp3) is 1.00. The van der Waals surface area contributed by atoms with Gasteiger partial charge in [-0.15, -0.1) is 0 Å². The quantitative estimate of drug-likeness (QED) is 0.606. The van der Waals surface area contributed by atoms with Crippen molar-refractivity contribution in [2.75, 3.05) is 19.8 Å². The molecule has 0 aliphatic heterocycles. The predicted molar refractivity (Wildman–Crippen MR) is 50.0 cm³/mol. The number of rotatable bonds is 5. The monoisotopic (exact) mass is 175 g/mol. The first-order valence-corrected chi connectivity index (χ1v) is 4.40. The Morgan fingerprint density at radius 1 is 1.42 bits per heavy atom. The number of aliphatic hydroxyl groups is 1. The van der Waals surface area contributed by atoms with Crippen LogP contribution in [0.15, 0.2) is 0 Å². The van der Waals surface area contributed by atoms with E-state index < -0.39 is 0 Å². The standard InChI is InChI=1S/C9H21NO2/c1-9(2,3)4-5-12-7-8(10)6-11/h8,11H,4-7,10H2,1-3H3. The second kappa shape index (κ2) is 5.51. The summed E-state index contributed by atoms with van der Waals surface area (Å²) in [5, 5.41) is 8.59.